The third-order valence-electron chi connectivity index (χ3n) is 4.95. The molecule has 0 atom stereocenters. The van der Waals surface area contributed by atoms with Crippen molar-refractivity contribution >= 4 is 35.2 Å². The number of hydrogen-bond acceptors (Lipinski definition) is 4. The molecule has 3 heterocycles. The highest BCUT2D eigenvalue weighted by Crippen LogP contribution is 2.36. The molecule has 12 heteroatoms. The van der Waals surface area contributed by atoms with E-state index >= 15 is 0 Å². The predicted octanol–water partition coefficient (Wildman–Crippen LogP) is 5.00. The molecule has 0 saturated heterocycles. The molecule has 0 saturated carbocycles. The molecule has 34 heavy (non-hydrogen) atoms. The van der Waals surface area contributed by atoms with E-state index in [4.69, 9.17) is 11.6 Å². The summed E-state index contributed by atoms with van der Waals surface area (Å²) in [5.74, 6) is -1.45. The van der Waals surface area contributed by atoms with E-state index in [2.05, 4.69) is 9.97 Å². The number of carbonyl (C=O) groups excluding carboxylic acids is 1. The van der Waals surface area contributed by atoms with Crippen LogP contribution in [0.5, 0.6) is 0 Å². The summed E-state index contributed by atoms with van der Waals surface area (Å²) in [5.41, 5.74) is 0.726. The van der Waals surface area contributed by atoms with E-state index in [0.717, 1.165) is 28.7 Å². The zero-order valence-corrected chi connectivity index (χ0v) is 18.6. The van der Waals surface area contributed by atoms with Crippen LogP contribution in [0.25, 0.3) is 0 Å². The topological polar surface area (TPSA) is 69.3 Å². The maximum atomic E-state index is 13.0. The molecule has 1 amide bonds. The normalized spacial score (nSPS) is 12.6. The second-order valence-electron chi connectivity index (χ2n) is 7.40. The van der Waals surface area contributed by atoms with Crippen molar-refractivity contribution in [1.82, 2.24) is 9.97 Å². The lowest BCUT2D eigenvalue weighted by molar-refractivity contribution is -0.137. The van der Waals surface area contributed by atoms with Gasteiger partial charge in [-0.05, 0) is 37.1 Å². The number of fused-ring (bicyclic) bond motifs is 1. The second kappa shape index (κ2) is 9.80. The first-order valence-electron chi connectivity index (χ1n) is 9.78. The standard InChI is InChI=1S/C14H12F3N3O.C8H6ClF2NO/c1-8-4-10(14(15,16)17)5-12(19-8)20-3-2-9-7-18-13(21)6-11(9)20;1-12(4-13)8-2-5(9)6(10)3-7(8)11/h4-7H,2-3H2,1H3,(H,18,21);2-4H,1H3. The van der Waals surface area contributed by atoms with Crippen LogP contribution < -0.4 is 15.4 Å². The molecule has 2 aromatic heterocycles. The van der Waals surface area contributed by atoms with Gasteiger partial charge in [0.05, 0.1) is 22.0 Å². The van der Waals surface area contributed by atoms with Crippen LogP contribution in [0.1, 0.15) is 16.8 Å². The van der Waals surface area contributed by atoms with Crippen LogP contribution in [0.15, 0.2) is 41.3 Å². The zero-order valence-electron chi connectivity index (χ0n) is 17.9. The Bertz CT molecular complexity index is 1280. The van der Waals surface area contributed by atoms with Gasteiger partial charge in [-0.3, -0.25) is 9.59 Å². The van der Waals surface area contributed by atoms with E-state index in [-0.39, 0.29) is 27.8 Å². The summed E-state index contributed by atoms with van der Waals surface area (Å²) in [7, 11) is 1.35. The fourth-order valence-corrected chi connectivity index (χ4v) is 3.48. The minimum atomic E-state index is -4.42. The molecule has 0 bridgehead atoms. The summed E-state index contributed by atoms with van der Waals surface area (Å²) in [4.78, 5) is 31.1. The highest BCUT2D eigenvalue weighted by atomic mass is 35.5. The minimum absolute atomic E-state index is 0.0543. The molecule has 0 radical (unpaired) electrons. The Morgan fingerprint density at radius 1 is 1.15 bits per heavy atom. The number of rotatable bonds is 3. The molecule has 4 rings (SSSR count). The summed E-state index contributed by atoms with van der Waals surface area (Å²) in [6, 6.07) is 5.11. The molecule has 1 N–H and O–H groups in total. The Kier molecular flexibility index (Phi) is 7.25. The summed E-state index contributed by atoms with van der Waals surface area (Å²) in [5, 5.41) is -0.217. The number of pyridine rings is 2. The monoisotopic (exact) mass is 500 g/mol. The van der Waals surface area contributed by atoms with Crippen molar-refractivity contribution in [2.75, 3.05) is 23.4 Å². The van der Waals surface area contributed by atoms with Crippen LogP contribution >= 0.6 is 11.6 Å². The number of aromatic amines is 1. The van der Waals surface area contributed by atoms with Gasteiger partial charge in [-0.15, -0.1) is 0 Å². The Hall–Kier alpha value is -3.47. The highest BCUT2D eigenvalue weighted by Gasteiger charge is 2.32. The van der Waals surface area contributed by atoms with Gasteiger partial charge in [0, 0.05) is 37.6 Å². The number of H-pyrrole nitrogens is 1. The summed E-state index contributed by atoms with van der Waals surface area (Å²) >= 11 is 5.40. The first kappa shape index (κ1) is 25.2. The lowest BCUT2D eigenvalue weighted by Crippen LogP contribution is -2.18. The highest BCUT2D eigenvalue weighted by molar-refractivity contribution is 6.31. The number of hydrogen-bond donors (Lipinski definition) is 1. The van der Waals surface area contributed by atoms with Crippen molar-refractivity contribution < 1.29 is 26.7 Å². The van der Waals surface area contributed by atoms with Crippen molar-refractivity contribution in [2.24, 2.45) is 0 Å². The van der Waals surface area contributed by atoms with Gasteiger partial charge in [0.2, 0.25) is 12.0 Å². The lowest BCUT2D eigenvalue weighted by atomic mass is 10.2. The molecule has 0 aliphatic carbocycles. The Labute approximate surface area is 195 Å². The number of nitrogens with zero attached hydrogens (tertiary/aromatic N) is 3. The van der Waals surface area contributed by atoms with Crippen molar-refractivity contribution in [2.45, 2.75) is 19.5 Å². The third-order valence-corrected chi connectivity index (χ3v) is 5.24. The van der Waals surface area contributed by atoms with E-state index in [1.807, 2.05) is 0 Å². The van der Waals surface area contributed by atoms with Gasteiger partial charge in [-0.25, -0.2) is 13.8 Å². The quantitative estimate of drug-likeness (QED) is 0.312. The van der Waals surface area contributed by atoms with Crippen molar-refractivity contribution in [3.05, 3.63) is 80.4 Å². The maximum Gasteiger partial charge on any atom is 0.416 e. The molecule has 1 aromatic carbocycles. The Morgan fingerprint density at radius 3 is 2.50 bits per heavy atom. The number of nitrogens with one attached hydrogen (secondary N) is 1. The zero-order chi connectivity index (χ0) is 25.2. The average Bonchev–Trinajstić information content (AvgIpc) is 3.18. The predicted molar refractivity (Wildman–Crippen MR) is 118 cm³/mol. The first-order valence-corrected chi connectivity index (χ1v) is 10.2. The van der Waals surface area contributed by atoms with E-state index in [1.54, 1.807) is 11.1 Å². The molecule has 0 fully saturated rings. The van der Waals surface area contributed by atoms with E-state index in [0.29, 0.717) is 31.1 Å². The number of halogens is 6. The molecule has 6 nitrogen and oxygen atoms in total. The fraction of sp³-hybridized carbons (Fsp3) is 0.227. The maximum absolute atomic E-state index is 13.0. The number of amides is 1. The SMILES string of the molecule is CN(C=O)c1cc(Cl)c(F)cc1F.Cc1cc(C(F)(F)F)cc(N2CCc3c[nH]c(=O)cc32)n1. The van der Waals surface area contributed by atoms with E-state index < -0.39 is 23.4 Å². The smallest absolute Gasteiger partial charge is 0.329 e. The number of benzene rings is 1. The Morgan fingerprint density at radius 2 is 1.85 bits per heavy atom. The molecule has 1 aliphatic heterocycles. The first-order chi connectivity index (χ1) is 15.9. The van der Waals surface area contributed by atoms with Gasteiger partial charge in [0.25, 0.3) is 0 Å². The molecule has 1 aliphatic rings. The number of aromatic nitrogens is 2. The van der Waals surface area contributed by atoms with Crippen LogP contribution in [0.3, 0.4) is 0 Å². The number of alkyl halides is 3. The average molecular weight is 501 g/mol. The summed E-state index contributed by atoms with van der Waals surface area (Å²) < 4.78 is 64.3. The van der Waals surface area contributed by atoms with Gasteiger partial charge in [0.1, 0.15) is 17.5 Å². The van der Waals surface area contributed by atoms with Crippen LogP contribution in [0, 0.1) is 18.6 Å². The number of aryl methyl sites for hydroxylation is 1. The van der Waals surface area contributed by atoms with Crippen LogP contribution in [0.4, 0.5) is 39.1 Å². The van der Waals surface area contributed by atoms with Gasteiger partial charge in [-0.1, -0.05) is 11.6 Å². The van der Waals surface area contributed by atoms with Crippen molar-refractivity contribution in [3.8, 4) is 0 Å². The molecule has 0 spiro atoms. The minimum Gasteiger partial charge on any atom is -0.329 e. The third kappa shape index (κ3) is 5.53. The molecular weight excluding hydrogens is 483 g/mol. The molecule has 0 unspecified atom stereocenters. The van der Waals surface area contributed by atoms with Gasteiger partial charge in [0.15, 0.2) is 0 Å². The molecule has 180 valence electrons. The largest absolute Gasteiger partial charge is 0.416 e. The Balaban J connectivity index is 0.000000215. The molecule has 3 aromatic rings. The molecular formula is C22H18ClF5N4O2. The van der Waals surface area contributed by atoms with Gasteiger partial charge in [-0.2, -0.15) is 13.2 Å². The van der Waals surface area contributed by atoms with Crippen LogP contribution in [0.2, 0.25) is 5.02 Å². The fourth-order valence-electron chi connectivity index (χ4n) is 3.33. The number of anilines is 3. The summed E-state index contributed by atoms with van der Waals surface area (Å²) in [6.45, 7) is 2.02. The van der Waals surface area contributed by atoms with Crippen molar-refractivity contribution in [3.63, 3.8) is 0 Å². The van der Waals surface area contributed by atoms with Crippen LogP contribution in [-0.4, -0.2) is 30.0 Å². The summed E-state index contributed by atoms with van der Waals surface area (Å²) in [6.07, 6.45) is -1.76. The second-order valence-corrected chi connectivity index (χ2v) is 7.80. The van der Waals surface area contributed by atoms with Crippen molar-refractivity contribution in [1.29, 1.82) is 0 Å². The van der Waals surface area contributed by atoms with E-state index in [1.165, 1.54) is 20.0 Å². The van der Waals surface area contributed by atoms with Gasteiger partial charge >= 0.3 is 6.18 Å². The van der Waals surface area contributed by atoms with Crippen LogP contribution in [-0.2, 0) is 17.4 Å². The van der Waals surface area contributed by atoms with E-state index in [9.17, 15) is 31.5 Å². The van der Waals surface area contributed by atoms with Gasteiger partial charge < -0.3 is 14.8 Å². The lowest BCUT2D eigenvalue weighted by Gasteiger charge is -2.20. The number of carbonyl (C=O) groups is 1.